The van der Waals surface area contributed by atoms with Gasteiger partial charge in [0.2, 0.25) is 0 Å². The number of rotatable bonds is 3. The van der Waals surface area contributed by atoms with E-state index in [0.717, 1.165) is 21.0 Å². The summed E-state index contributed by atoms with van der Waals surface area (Å²) in [5.74, 6) is 0.559. The van der Waals surface area contributed by atoms with Crippen LogP contribution in [0.25, 0.3) is 0 Å². The van der Waals surface area contributed by atoms with E-state index in [-0.39, 0.29) is 4.83 Å². The second-order valence-corrected chi connectivity index (χ2v) is 6.99. The largest absolute Gasteiger partial charge is 0.495 e. The first-order valence-corrected chi connectivity index (χ1v) is 8.29. The van der Waals surface area contributed by atoms with Gasteiger partial charge in [-0.05, 0) is 29.5 Å². The first-order chi connectivity index (χ1) is 8.95. The molecule has 1 aromatic heterocycles. The Morgan fingerprint density at radius 3 is 2.42 bits per heavy atom. The van der Waals surface area contributed by atoms with Gasteiger partial charge in [0.1, 0.15) is 5.75 Å². The van der Waals surface area contributed by atoms with E-state index < -0.39 is 0 Å². The monoisotopic (exact) mass is 398 g/mol. The van der Waals surface area contributed by atoms with Gasteiger partial charge in [0, 0.05) is 16.0 Å². The van der Waals surface area contributed by atoms with Crippen LogP contribution in [0, 0.1) is 6.92 Å². The number of alkyl halides is 1. The lowest BCUT2D eigenvalue weighted by molar-refractivity contribution is 0.415. The lowest BCUT2D eigenvalue weighted by Crippen LogP contribution is -1.94. The van der Waals surface area contributed by atoms with E-state index in [1.165, 1.54) is 0 Å². The molecule has 0 radical (unpaired) electrons. The fraction of sp³-hybridized carbons (Fsp3) is 0.231. The average Bonchev–Trinajstić information content (AvgIpc) is 2.71. The summed E-state index contributed by atoms with van der Waals surface area (Å²) >= 11 is 23.9. The van der Waals surface area contributed by atoms with Crippen LogP contribution < -0.4 is 4.74 Å². The summed E-state index contributed by atoms with van der Waals surface area (Å²) in [7, 11) is 1.56. The number of methoxy groups -OCH3 is 1. The molecule has 1 aromatic carbocycles. The molecule has 19 heavy (non-hydrogen) atoms. The Bertz CT molecular complexity index is 612. The molecule has 0 fully saturated rings. The molecule has 0 amide bonds. The van der Waals surface area contributed by atoms with Gasteiger partial charge in [0.25, 0.3) is 0 Å². The molecule has 0 saturated heterocycles. The van der Waals surface area contributed by atoms with E-state index in [4.69, 9.17) is 39.5 Å². The smallest absolute Gasteiger partial charge is 0.138 e. The van der Waals surface area contributed by atoms with Gasteiger partial charge in [-0.2, -0.15) is 0 Å². The van der Waals surface area contributed by atoms with Crippen molar-refractivity contribution < 1.29 is 4.74 Å². The Labute approximate surface area is 139 Å². The highest BCUT2D eigenvalue weighted by atomic mass is 79.9. The third kappa shape index (κ3) is 3.06. The Hall–Kier alpha value is 0.0700. The second-order valence-electron chi connectivity index (χ2n) is 3.97. The average molecular weight is 401 g/mol. The number of hydrogen-bond donors (Lipinski definition) is 0. The topological polar surface area (TPSA) is 9.23 Å². The zero-order valence-electron chi connectivity index (χ0n) is 10.1. The molecule has 0 aliphatic rings. The normalized spacial score (nSPS) is 12.5. The molecule has 2 aromatic rings. The number of halogens is 4. The van der Waals surface area contributed by atoms with E-state index >= 15 is 0 Å². The minimum atomic E-state index is -0.0883. The lowest BCUT2D eigenvalue weighted by Gasteiger charge is -2.13. The third-order valence-corrected chi connectivity index (χ3v) is 6.36. The highest BCUT2D eigenvalue weighted by Gasteiger charge is 2.21. The fourth-order valence-corrected chi connectivity index (χ4v) is 4.66. The summed E-state index contributed by atoms with van der Waals surface area (Å²) in [6, 6.07) is 3.51. The molecular weight excluding hydrogens is 390 g/mol. The van der Waals surface area contributed by atoms with Crippen molar-refractivity contribution in [2.45, 2.75) is 11.8 Å². The molecule has 102 valence electrons. The number of aryl methyl sites for hydroxylation is 1. The number of hydrogen-bond acceptors (Lipinski definition) is 2. The molecule has 0 spiro atoms. The molecule has 0 N–H and O–H groups in total. The maximum Gasteiger partial charge on any atom is 0.138 e. The molecule has 6 heteroatoms. The zero-order chi connectivity index (χ0) is 14.2. The standard InChI is InChI=1S/C13H10BrCl3OS/c1-6-5-19-13(12(6)17)11(14)7-3-9(16)10(18-2)4-8(7)15/h3-5,11H,1-2H3. The first kappa shape index (κ1) is 15.5. The lowest BCUT2D eigenvalue weighted by atomic mass is 10.1. The SMILES string of the molecule is COc1cc(Cl)c(C(Br)c2scc(C)c2Cl)cc1Cl. The van der Waals surface area contributed by atoms with Crippen molar-refractivity contribution in [2.75, 3.05) is 7.11 Å². The first-order valence-electron chi connectivity index (χ1n) is 5.36. The van der Waals surface area contributed by atoms with Gasteiger partial charge in [-0.25, -0.2) is 0 Å². The summed E-state index contributed by atoms with van der Waals surface area (Å²) in [5.41, 5.74) is 1.93. The Kier molecular flexibility index (Phi) is 5.07. The van der Waals surface area contributed by atoms with Crippen LogP contribution in [0.2, 0.25) is 15.1 Å². The van der Waals surface area contributed by atoms with Crippen molar-refractivity contribution in [1.29, 1.82) is 0 Å². The van der Waals surface area contributed by atoms with Crippen molar-refractivity contribution in [3.63, 3.8) is 0 Å². The van der Waals surface area contributed by atoms with Crippen LogP contribution in [0.3, 0.4) is 0 Å². The van der Waals surface area contributed by atoms with Crippen LogP contribution >= 0.6 is 62.1 Å². The van der Waals surface area contributed by atoms with Gasteiger partial charge in [-0.1, -0.05) is 50.7 Å². The van der Waals surface area contributed by atoms with Crippen LogP contribution in [0.4, 0.5) is 0 Å². The molecule has 2 rings (SSSR count). The summed E-state index contributed by atoms with van der Waals surface area (Å²) < 4.78 is 5.14. The Morgan fingerprint density at radius 2 is 1.89 bits per heavy atom. The van der Waals surface area contributed by atoms with Crippen LogP contribution in [0.5, 0.6) is 5.75 Å². The van der Waals surface area contributed by atoms with Gasteiger partial charge in [-0.3, -0.25) is 0 Å². The van der Waals surface area contributed by atoms with Crippen molar-refractivity contribution in [2.24, 2.45) is 0 Å². The van der Waals surface area contributed by atoms with E-state index in [2.05, 4.69) is 15.9 Å². The maximum atomic E-state index is 6.28. The minimum Gasteiger partial charge on any atom is -0.495 e. The quantitative estimate of drug-likeness (QED) is 0.534. The van der Waals surface area contributed by atoms with Crippen molar-refractivity contribution in [3.8, 4) is 5.75 Å². The fourth-order valence-electron chi connectivity index (χ4n) is 1.66. The van der Waals surface area contributed by atoms with Crippen LogP contribution in [0.1, 0.15) is 20.8 Å². The number of ether oxygens (including phenoxy) is 1. The number of benzene rings is 1. The van der Waals surface area contributed by atoms with Crippen molar-refractivity contribution in [3.05, 3.63) is 48.6 Å². The molecule has 1 unspecified atom stereocenters. The van der Waals surface area contributed by atoms with Gasteiger partial charge < -0.3 is 4.74 Å². The van der Waals surface area contributed by atoms with E-state index in [0.29, 0.717) is 15.8 Å². The molecule has 0 bridgehead atoms. The zero-order valence-corrected chi connectivity index (χ0v) is 14.8. The minimum absolute atomic E-state index is 0.0883. The van der Waals surface area contributed by atoms with Crippen molar-refractivity contribution in [1.82, 2.24) is 0 Å². The van der Waals surface area contributed by atoms with E-state index in [1.807, 2.05) is 12.3 Å². The predicted molar refractivity (Wildman–Crippen MR) is 87.9 cm³/mol. The van der Waals surface area contributed by atoms with Gasteiger partial charge in [-0.15, -0.1) is 11.3 Å². The summed E-state index contributed by atoms with van der Waals surface area (Å²) in [6.07, 6.45) is 0. The Balaban J connectivity index is 2.47. The second kappa shape index (κ2) is 6.23. The molecule has 0 aliphatic heterocycles. The van der Waals surface area contributed by atoms with Crippen LogP contribution in [-0.2, 0) is 0 Å². The molecule has 1 nitrogen and oxygen atoms in total. The summed E-state index contributed by atoms with van der Waals surface area (Å²) in [4.78, 5) is 0.928. The van der Waals surface area contributed by atoms with E-state index in [1.54, 1.807) is 30.6 Å². The van der Waals surface area contributed by atoms with Crippen LogP contribution in [-0.4, -0.2) is 7.11 Å². The highest BCUT2D eigenvalue weighted by molar-refractivity contribution is 9.09. The number of thiophene rings is 1. The third-order valence-electron chi connectivity index (χ3n) is 2.70. The van der Waals surface area contributed by atoms with Gasteiger partial charge in [0.05, 0.1) is 22.0 Å². The predicted octanol–water partition coefficient (Wildman–Crippen LogP) is 6.51. The van der Waals surface area contributed by atoms with Crippen LogP contribution in [0.15, 0.2) is 17.5 Å². The molecule has 0 aliphatic carbocycles. The van der Waals surface area contributed by atoms with Gasteiger partial charge in [0.15, 0.2) is 0 Å². The molecule has 1 atom stereocenters. The highest BCUT2D eigenvalue weighted by Crippen LogP contribution is 2.45. The molecule has 1 heterocycles. The van der Waals surface area contributed by atoms with E-state index in [9.17, 15) is 0 Å². The summed E-state index contributed by atoms with van der Waals surface area (Å²) in [6.45, 7) is 1.98. The Morgan fingerprint density at radius 1 is 1.21 bits per heavy atom. The summed E-state index contributed by atoms with van der Waals surface area (Å²) in [5, 5.41) is 3.89. The molecular formula is C13H10BrCl3OS. The molecule has 0 saturated carbocycles. The van der Waals surface area contributed by atoms with Crippen molar-refractivity contribution >= 4 is 62.1 Å². The van der Waals surface area contributed by atoms with Gasteiger partial charge >= 0.3 is 0 Å². The maximum absolute atomic E-state index is 6.28.